The van der Waals surface area contributed by atoms with Gasteiger partial charge in [-0.15, -0.1) is 0 Å². The van der Waals surface area contributed by atoms with Gasteiger partial charge in [-0.05, 0) is 42.0 Å². The van der Waals surface area contributed by atoms with Crippen molar-refractivity contribution in [3.8, 4) is 11.4 Å². The number of amides is 1. The zero-order chi connectivity index (χ0) is 19.3. The molecule has 0 spiro atoms. The Balaban J connectivity index is 1.37. The summed E-state index contributed by atoms with van der Waals surface area (Å²) >= 11 is 0. The maximum Gasteiger partial charge on any atom is 0.250 e. The molecule has 0 aliphatic heterocycles. The monoisotopic (exact) mass is 371 g/mol. The van der Waals surface area contributed by atoms with Gasteiger partial charge in [-0.1, -0.05) is 42.5 Å². The highest BCUT2D eigenvalue weighted by Gasteiger charge is 2.10. The first-order valence-corrected chi connectivity index (χ1v) is 9.14. The SMILES string of the molecule is Cn1c(-c2ccc(NC(=O)COCc3ccccc3)cc2)nc2ccccc21. The Morgan fingerprint density at radius 2 is 1.68 bits per heavy atom. The summed E-state index contributed by atoms with van der Waals surface area (Å²) in [6.45, 7) is 0.432. The van der Waals surface area contributed by atoms with Gasteiger partial charge in [-0.25, -0.2) is 4.98 Å². The van der Waals surface area contributed by atoms with E-state index in [1.807, 2.05) is 79.8 Å². The average Bonchev–Trinajstić information content (AvgIpc) is 3.06. The summed E-state index contributed by atoms with van der Waals surface area (Å²) in [5.74, 6) is 0.719. The first-order chi connectivity index (χ1) is 13.7. The first kappa shape index (κ1) is 17.9. The first-order valence-electron chi connectivity index (χ1n) is 9.14. The number of hydrogen-bond acceptors (Lipinski definition) is 3. The molecule has 140 valence electrons. The maximum absolute atomic E-state index is 12.1. The molecule has 1 heterocycles. The number of imidazole rings is 1. The minimum absolute atomic E-state index is 0.0153. The van der Waals surface area contributed by atoms with Gasteiger partial charge in [0.25, 0.3) is 0 Å². The second-order valence-corrected chi connectivity index (χ2v) is 6.59. The van der Waals surface area contributed by atoms with E-state index in [-0.39, 0.29) is 12.5 Å². The van der Waals surface area contributed by atoms with Gasteiger partial charge in [0.05, 0.1) is 17.6 Å². The second kappa shape index (κ2) is 8.06. The number of ether oxygens (including phenoxy) is 1. The van der Waals surface area contributed by atoms with E-state index in [2.05, 4.69) is 16.0 Å². The molecule has 0 saturated carbocycles. The fourth-order valence-corrected chi connectivity index (χ4v) is 3.14. The zero-order valence-corrected chi connectivity index (χ0v) is 15.6. The molecule has 5 heteroatoms. The number of carbonyl (C=O) groups is 1. The Morgan fingerprint density at radius 1 is 0.964 bits per heavy atom. The van der Waals surface area contributed by atoms with E-state index in [1.54, 1.807) is 0 Å². The van der Waals surface area contributed by atoms with Crippen LogP contribution < -0.4 is 5.32 Å². The molecule has 0 saturated heterocycles. The Morgan fingerprint density at radius 3 is 2.43 bits per heavy atom. The van der Waals surface area contributed by atoms with Crippen LogP contribution in [0.2, 0.25) is 0 Å². The van der Waals surface area contributed by atoms with Crippen molar-refractivity contribution < 1.29 is 9.53 Å². The van der Waals surface area contributed by atoms with Crippen LogP contribution >= 0.6 is 0 Å². The van der Waals surface area contributed by atoms with E-state index in [4.69, 9.17) is 9.72 Å². The number of aryl methyl sites for hydroxylation is 1. The third-order valence-electron chi connectivity index (χ3n) is 4.56. The number of hydrogen-bond donors (Lipinski definition) is 1. The van der Waals surface area contributed by atoms with Crippen molar-refractivity contribution in [2.24, 2.45) is 7.05 Å². The van der Waals surface area contributed by atoms with Crippen LogP contribution in [0.1, 0.15) is 5.56 Å². The molecule has 0 atom stereocenters. The summed E-state index contributed by atoms with van der Waals surface area (Å²) < 4.78 is 7.54. The van der Waals surface area contributed by atoms with Crippen molar-refractivity contribution in [1.82, 2.24) is 9.55 Å². The van der Waals surface area contributed by atoms with Crippen LogP contribution in [-0.4, -0.2) is 22.1 Å². The van der Waals surface area contributed by atoms with Crippen molar-refractivity contribution in [2.75, 3.05) is 11.9 Å². The largest absolute Gasteiger partial charge is 0.367 e. The number of nitrogens with zero attached hydrogens (tertiary/aromatic N) is 2. The van der Waals surface area contributed by atoms with Crippen LogP contribution in [0.4, 0.5) is 5.69 Å². The summed E-state index contributed by atoms with van der Waals surface area (Å²) in [5.41, 5.74) is 4.83. The van der Waals surface area contributed by atoms with Crippen LogP contribution in [0.5, 0.6) is 0 Å². The van der Waals surface area contributed by atoms with E-state index < -0.39 is 0 Å². The van der Waals surface area contributed by atoms with Gasteiger partial charge in [0, 0.05) is 18.3 Å². The van der Waals surface area contributed by atoms with Gasteiger partial charge >= 0.3 is 0 Å². The lowest BCUT2D eigenvalue weighted by atomic mass is 10.2. The summed E-state index contributed by atoms with van der Waals surface area (Å²) in [4.78, 5) is 16.8. The van der Waals surface area contributed by atoms with E-state index >= 15 is 0 Å². The average molecular weight is 371 g/mol. The van der Waals surface area contributed by atoms with Crippen molar-refractivity contribution in [3.63, 3.8) is 0 Å². The van der Waals surface area contributed by atoms with Crippen LogP contribution in [0, 0.1) is 0 Å². The third-order valence-corrected chi connectivity index (χ3v) is 4.56. The highest BCUT2D eigenvalue weighted by atomic mass is 16.5. The van der Waals surface area contributed by atoms with E-state index in [1.165, 1.54) is 0 Å². The Bertz CT molecular complexity index is 1090. The maximum atomic E-state index is 12.1. The van der Waals surface area contributed by atoms with Gasteiger partial charge in [-0.3, -0.25) is 4.79 Å². The molecular weight excluding hydrogens is 350 g/mol. The Hall–Kier alpha value is -3.44. The minimum atomic E-state index is -0.175. The lowest BCUT2D eigenvalue weighted by Crippen LogP contribution is -2.18. The Labute approximate surface area is 163 Å². The number of fused-ring (bicyclic) bond motifs is 1. The molecule has 0 unspecified atom stereocenters. The van der Waals surface area contributed by atoms with Crippen LogP contribution in [0.25, 0.3) is 22.4 Å². The summed E-state index contributed by atoms with van der Waals surface area (Å²) in [6.07, 6.45) is 0. The number of anilines is 1. The predicted molar refractivity (Wildman–Crippen MR) is 111 cm³/mol. The van der Waals surface area contributed by atoms with Crippen LogP contribution in [-0.2, 0) is 23.2 Å². The van der Waals surface area contributed by atoms with Crippen LogP contribution in [0.15, 0.2) is 78.9 Å². The van der Waals surface area contributed by atoms with Gasteiger partial charge in [-0.2, -0.15) is 0 Å². The number of benzene rings is 3. The minimum Gasteiger partial charge on any atom is -0.367 e. The molecule has 0 aliphatic carbocycles. The summed E-state index contributed by atoms with van der Waals surface area (Å²) in [5, 5.41) is 2.86. The molecule has 1 N–H and O–H groups in total. The van der Waals surface area contributed by atoms with Crippen molar-refractivity contribution in [3.05, 3.63) is 84.4 Å². The van der Waals surface area contributed by atoms with Crippen molar-refractivity contribution in [1.29, 1.82) is 0 Å². The predicted octanol–water partition coefficient (Wildman–Crippen LogP) is 4.40. The highest BCUT2D eigenvalue weighted by molar-refractivity contribution is 5.92. The van der Waals surface area contributed by atoms with Gasteiger partial charge in [0.1, 0.15) is 12.4 Å². The number of carbonyl (C=O) groups excluding carboxylic acids is 1. The molecule has 0 bridgehead atoms. The molecule has 3 aromatic carbocycles. The molecule has 0 fully saturated rings. The molecule has 1 amide bonds. The van der Waals surface area contributed by atoms with Crippen molar-refractivity contribution in [2.45, 2.75) is 6.61 Å². The third kappa shape index (κ3) is 3.94. The number of para-hydroxylation sites is 2. The zero-order valence-electron chi connectivity index (χ0n) is 15.6. The quantitative estimate of drug-likeness (QED) is 0.547. The van der Waals surface area contributed by atoms with E-state index in [0.29, 0.717) is 6.61 Å². The molecule has 4 rings (SSSR count). The highest BCUT2D eigenvalue weighted by Crippen LogP contribution is 2.24. The van der Waals surface area contributed by atoms with E-state index in [0.717, 1.165) is 33.7 Å². The van der Waals surface area contributed by atoms with E-state index in [9.17, 15) is 4.79 Å². The fourth-order valence-electron chi connectivity index (χ4n) is 3.14. The molecule has 1 aromatic heterocycles. The molecule has 4 aromatic rings. The molecular formula is C23H21N3O2. The lowest BCUT2D eigenvalue weighted by molar-refractivity contribution is -0.121. The van der Waals surface area contributed by atoms with Gasteiger partial charge < -0.3 is 14.6 Å². The molecule has 0 aliphatic rings. The number of aromatic nitrogens is 2. The second-order valence-electron chi connectivity index (χ2n) is 6.59. The van der Waals surface area contributed by atoms with Crippen LogP contribution in [0.3, 0.4) is 0 Å². The molecule has 28 heavy (non-hydrogen) atoms. The smallest absolute Gasteiger partial charge is 0.250 e. The number of nitrogens with one attached hydrogen (secondary N) is 1. The summed E-state index contributed by atoms with van der Waals surface area (Å²) in [6, 6.07) is 25.5. The topological polar surface area (TPSA) is 56.2 Å². The Kier molecular flexibility index (Phi) is 5.17. The molecule has 0 radical (unpaired) electrons. The fraction of sp³-hybridized carbons (Fsp3) is 0.130. The lowest BCUT2D eigenvalue weighted by Gasteiger charge is -2.08. The normalized spacial score (nSPS) is 10.9. The molecule has 5 nitrogen and oxygen atoms in total. The van der Waals surface area contributed by atoms with Crippen molar-refractivity contribution >= 4 is 22.6 Å². The standard InChI is InChI=1S/C23H21N3O2/c1-26-21-10-6-5-9-20(21)25-23(26)18-11-13-19(14-12-18)24-22(27)16-28-15-17-7-3-2-4-8-17/h2-14H,15-16H2,1H3,(H,24,27). The van der Waals surface area contributed by atoms with Gasteiger partial charge in [0.15, 0.2) is 0 Å². The van der Waals surface area contributed by atoms with Gasteiger partial charge in [0.2, 0.25) is 5.91 Å². The summed E-state index contributed by atoms with van der Waals surface area (Å²) in [7, 11) is 2.00. The number of rotatable bonds is 6.